The minimum Gasteiger partial charge on any atom is -0.481 e. The number of ether oxygens (including phenoxy) is 1. The van der Waals surface area contributed by atoms with Gasteiger partial charge in [0.15, 0.2) is 0 Å². The van der Waals surface area contributed by atoms with Crippen molar-refractivity contribution < 1.29 is 4.74 Å². The Labute approximate surface area is 102 Å². The van der Waals surface area contributed by atoms with E-state index in [2.05, 4.69) is 21.9 Å². The molecule has 94 valence electrons. The van der Waals surface area contributed by atoms with Gasteiger partial charge in [0.2, 0.25) is 5.88 Å². The zero-order valence-corrected chi connectivity index (χ0v) is 10.6. The number of likely N-dealkylation sites (N-methyl/N-ethyl adjacent to an activating group) is 1. The molecule has 1 aliphatic rings. The summed E-state index contributed by atoms with van der Waals surface area (Å²) in [5.41, 5.74) is 7.85. The standard InChI is InChI=1S/C12H20N4O/c1-16-7-4-9-10(5-8-16)14-11(3-6-13)15-12(9)17-2/h3-8,13H2,1-2H3. The van der Waals surface area contributed by atoms with Gasteiger partial charge in [-0.15, -0.1) is 0 Å². The Morgan fingerprint density at radius 1 is 1.29 bits per heavy atom. The van der Waals surface area contributed by atoms with E-state index in [1.165, 1.54) is 0 Å². The van der Waals surface area contributed by atoms with E-state index < -0.39 is 0 Å². The SMILES string of the molecule is COc1nc(CCN)nc2c1CCN(C)CC2. The predicted molar refractivity (Wildman–Crippen MR) is 66.2 cm³/mol. The number of nitrogens with two attached hydrogens (primary N) is 1. The first kappa shape index (κ1) is 12.3. The first-order valence-electron chi connectivity index (χ1n) is 6.06. The third kappa shape index (κ3) is 2.73. The van der Waals surface area contributed by atoms with Gasteiger partial charge >= 0.3 is 0 Å². The van der Waals surface area contributed by atoms with Gasteiger partial charge in [0, 0.05) is 31.5 Å². The first-order valence-corrected chi connectivity index (χ1v) is 6.06. The number of fused-ring (bicyclic) bond motifs is 1. The van der Waals surface area contributed by atoms with Gasteiger partial charge in [-0.2, -0.15) is 4.98 Å². The van der Waals surface area contributed by atoms with Crippen LogP contribution >= 0.6 is 0 Å². The minimum atomic E-state index is 0.571. The number of hydrogen-bond acceptors (Lipinski definition) is 5. The van der Waals surface area contributed by atoms with E-state index >= 15 is 0 Å². The van der Waals surface area contributed by atoms with Crippen LogP contribution in [0.15, 0.2) is 0 Å². The number of aromatic nitrogens is 2. The van der Waals surface area contributed by atoms with Crippen LogP contribution in [-0.4, -0.2) is 48.7 Å². The van der Waals surface area contributed by atoms with Gasteiger partial charge in [-0.05, 0) is 20.0 Å². The Morgan fingerprint density at radius 2 is 2.06 bits per heavy atom. The van der Waals surface area contributed by atoms with Crippen molar-refractivity contribution in [3.8, 4) is 5.88 Å². The van der Waals surface area contributed by atoms with Gasteiger partial charge in [-0.25, -0.2) is 4.98 Å². The summed E-state index contributed by atoms with van der Waals surface area (Å²) in [6.07, 6.45) is 2.62. The lowest BCUT2D eigenvalue weighted by atomic mass is 10.1. The van der Waals surface area contributed by atoms with E-state index in [0.717, 1.165) is 48.9 Å². The Morgan fingerprint density at radius 3 is 2.76 bits per heavy atom. The Hall–Kier alpha value is -1.20. The van der Waals surface area contributed by atoms with E-state index in [1.54, 1.807) is 7.11 Å². The molecule has 0 saturated heterocycles. The number of methoxy groups -OCH3 is 1. The van der Waals surface area contributed by atoms with Gasteiger partial charge < -0.3 is 15.4 Å². The highest BCUT2D eigenvalue weighted by atomic mass is 16.5. The van der Waals surface area contributed by atoms with E-state index in [0.29, 0.717) is 13.0 Å². The zero-order valence-electron chi connectivity index (χ0n) is 10.6. The minimum absolute atomic E-state index is 0.571. The first-order chi connectivity index (χ1) is 8.24. The summed E-state index contributed by atoms with van der Waals surface area (Å²) in [5, 5.41) is 0. The highest BCUT2D eigenvalue weighted by Crippen LogP contribution is 2.22. The third-order valence-electron chi connectivity index (χ3n) is 3.14. The van der Waals surface area contributed by atoms with Gasteiger partial charge in [0.1, 0.15) is 5.82 Å². The summed E-state index contributed by atoms with van der Waals surface area (Å²) < 4.78 is 5.38. The third-order valence-corrected chi connectivity index (χ3v) is 3.14. The Balaban J connectivity index is 2.36. The molecule has 0 unspecified atom stereocenters. The van der Waals surface area contributed by atoms with Gasteiger partial charge in [0.25, 0.3) is 0 Å². The van der Waals surface area contributed by atoms with E-state index in [1.807, 2.05) is 0 Å². The van der Waals surface area contributed by atoms with Crippen LogP contribution in [0, 0.1) is 0 Å². The molecule has 5 nitrogen and oxygen atoms in total. The molecular formula is C12H20N4O. The van der Waals surface area contributed by atoms with Gasteiger partial charge in [0.05, 0.1) is 12.8 Å². The fourth-order valence-electron chi connectivity index (χ4n) is 2.14. The summed E-state index contributed by atoms with van der Waals surface area (Å²) in [7, 11) is 3.80. The normalized spacial score (nSPS) is 16.4. The fourth-order valence-corrected chi connectivity index (χ4v) is 2.14. The highest BCUT2D eigenvalue weighted by molar-refractivity contribution is 5.32. The monoisotopic (exact) mass is 236 g/mol. The number of hydrogen-bond donors (Lipinski definition) is 1. The average molecular weight is 236 g/mol. The smallest absolute Gasteiger partial charge is 0.219 e. The van der Waals surface area contributed by atoms with Gasteiger partial charge in [-0.3, -0.25) is 0 Å². The van der Waals surface area contributed by atoms with E-state index in [4.69, 9.17) is 10.5 Å². The van der Waals surface area contributed by atoms with Crippen LogP contribution in [0.5, 0.6) is 5.88 Å². The predicted octanol–water partition coefficient (Wildman–Crippen LogP) is 0.0168. The topological polar surface area (TPSA) is 64.3 Å². The molecule has 0 aliphatic carbocycles. The molecule has 2 heterocycles. The van der Waals surface area contributed by atoms with Crippen molar-refractivity contribution in [1.82, 2.24) is 14.9 Å². The van der Waals surface area contributed by atoms with E-state index in [9.17, 15) is 0 Å². The molecule has 0 radical (unpaired) electrons. The number of rotatable bonds is 3. The lowest BCUT2D eigenvalue weighted by Crippen LogP contribution is -2.20. The van der Waals surface area contributed by atoms with Crippen molar-refractivity contribution in [3.63, 3.8) is 0 Å². The summed E-state index contributed by atoms with van der Waals surface area (Å²) >= 11 is 0. The Kier molecular flexibility index (Phi) is 3.91. The maximum atomic E-state index is 5.55. The van der Waals surface area contributed by atoms with Crippen molar-refractivity contribution >= 4 is 0 Å². The van der Waals surface area contributed by atoms with Crippen molar-refractivity contribution in [2.45, 2.75) is 19.3 Å². The molecule has 0 saturated carbocycles. The highest BCUT2D eigenvalue weighted by Gasteiger charge is 2.18. The molecule has 0 aromatic carbocycles. The van der Waals surface area contributed by atoms with Crippen LogP contribution in [-0.2, 0) is 19.3 Å². The lowest BCUT2D eigenvalue weighted by Gasteiger charge is -2.11. The summed E-state index contributed by atoms with van der Waals surface area (Å²) in [5.74, 6) is 1.53. The van der Waals surface area contributed by atoms with Crippen molar-refractivity contribution in [1.29, 1.82) is 0 Å². The molecule has 17 heavy (non-hydrogen) atoms. The lowest BCUT2D eigenvalue weighted by molar-refractivity contribution is 0.349. The summed E-state index contributed by atoms with van der Waals surface area (Å²) in [6, 6.07) is 0. The molecule has 2 N–H and O–H groups in total. The summed E-state index contributed by atoms with van der Waals surface area (Å²) in [6.45, 7) is 2.64. The van der Waals surface area contributed by atoms with Crippen LogP contribution in [0.3, 0.4) is 0 Å². The molecule has 1 aromatic rings. The molecule has 0 bridgehead atoms. The number of nitrogens with zero attached hydrogens (tertiary/aromatic N) is 3. The molecule has 0 atom stereocenters. The molecule has 1 aliphatic heterocycles. The van der Waals surface area contributed by atoms with Crippen LogP contribution in [0.1, 0.15) is 17.1 Å². The van der Waals surface area contributed by atoms with Crippen molar-refractivity contribution in [3.05, 3.63) is 17.1 Å². The fraction of sp³-hybridized carbons (Fsp3) is 0.667. The van der Waals surface area contributed by atoms with Crippen molar-refractivity contribution in [2.24, 2.45) is 5.73 Å². The van der Waals surface area contributed by atoms with Crippen LogP contribution < -0.4 is 10.5 Å². The maximum Gasteiger partial charge on any atom is 0.219 e. The zero-order chi connectivity index (χ0) is 12.3. The van der Waals surface area contributed by atoms with Gasteiger partial charge in [-0.1, -0.05) is 0 Å². The molecular weight excluding hydrogens is 216 g/mol. The quantitative estimate of drug-likeness (QED) is 0.801. The second-order valence-electron chi connectivity index (χ2n) is 4.42. The Bertz CT molecular complexity index is 394. The molecule has 0 amide bonds. The second kappa shape index (κ2) is 5.42. The molecule has 1 aromatic heterocycles. The average Bonchev–Trinajstić information content (AvgIpc) is 2.51. The molecule has 0 spiro atoms. The molecule has 2 rings (SSSR count). The molecule has 0 fully saturated rings. The van der Waals surface area contributed by atoms with Crippen LogP contribution in [0.2, 0.25) is 0 Å². The second-order valence-corrected chi connectivity index (χ2v) is 4.42. The maximum absolute atomic E-state index is 5.55. The van der Waals surface area contributed by atoms with Crippen LogP contribution in [0.4, 0.5) is 0 Å². The largest absolute Gasteiger partial charge is 0.481 e. The van der Waals surface area contributed by atoms with Crippen molar-refractivity contribution in [2.75, 3.05) is 33.8 Å². The van der Waals surface area contributed by atoms with Crippen LogP contribution in [0.25, 0.3) is 0 Å². The summed E-state index contributed by atoms with van der Waals surface area (Å²) in [4.78, 5) is 11.3. The van der Waals surface area contributed by atoms with E-state index in [-0.39, 0.29) is 0 Å². The molecule has 5 heteroatoms.